The third kappa shape index (κ3) is 6.10. The number of rotatable bonds is 9. The summed E-state index contributed by atoms with van der Waals surface area (Å²) in [6.07, 6.45) is 2.83. The number of anilines is 1. The van der Waals surface area contributed by atoms with Crippen molar-refractivity contribution in [3.8, 4) is 5.75 Å². The van der Waals surface area contributed by atoms with E-state index < -0.39 is 18.0 Å². The Morgan fingerprint density at radius 1 is 1.29 bits per heavy atom. The summed E-state index contributed by atoms with van der Waals surface area (Å²) in [6.45, 7) is 8.50. The fourth-order valence-electron chi connectivity index (χ4n) is 2.23. The minimum atomic E-state index is -0.688. The zero-order valence-electron chi connectivity index (χ0n) is 15.0. The Kier molecular flexibility index (Phi) is 8.09. The molecule has 0 bridgehead atoms. The molecular formula is C18H29N3O3. The fraction of sp³-hybridized carbons (Fsp3) is 0.556. The number of amides is 3. The second-order valence-electron chi connectivity index (χ2n) is 6.04. The molecule has 0 unspecified atom stereocenters. The van der Waals surface area contributed by atoms with Crippen LogP contribution in [0, 0.1) is 12.8 Å². The van der Waals surface area contributed by atoms with Crippen molar-refractivity contribution in [3.63, 3.8) is 0 Å². The maximum Gasteiger partial charge on any atom is 0.319 e. The average Bonchev–Trinajstić information content (AvgIpc) is 2.54. The van der Waals surface area contributed by atoms with Crippen LogP contribution in [0.1, 0.15) is 45.6 Å². The first kappa shape index (κ1) is 19.8. The highest BCUT2D eigenvalue weighted by Crippen LogP contribution is 2.21. The Labute approximate surface area is 144 Å². The molecule has 24 heavy (non-hydrogen) atoms. The number of nitrogens with two attached hydrogens (primary N) is 1. The number of benzene rings is 1. The van der Waals surface area contributed by atoms with E-state index in [9.17, 15) is 9.59 Å². The fourth-order valence-corrected chi connectivity index (χ4v) is 2.23. The molecule has 0 saturated heterocycles. The number of carbonyl (C=O) groups excluding carboxylic acids is 2. The molecule has 2 atom stereocenters. The number of carbonyl (C=O) groups is 2. The van der Waals surface area contributed by atoms with Gasteiger partial charge in [0.1, 0.15) is 11.8 Å². The van der Waals surface area contributed by atoms with E-state index in [1.165, 1.54) is 0 Å². The number of primary amides is 1. The highest BCUT2D eigenvalue weighted by molar-refractivity contribution is 5.94. The van der Waals surface area contributed by atoms with Crippen LogP contribution in [0.15, 0.2) is 18.2 Å². The Morgan fingerprint density at radius 2 is 2.00 bits per heavy atom. The summed E-state index contributed by atoms with van der Waals surface area (Å²) in [4.78, 5) is 23.6. The predicted molar refractivity (Wildman–Crippen MR) is 96.2 cm³/mol. The summed E-state index contributed by atoms with van der Waals surface area (Å²) in [5, 5.41) is 5.40. The van der Waals surface area contributed by atoms with Crippen molar-refractivity contribution in [2.75, 3.05) is 11.9 Å². The third-order valence-corrected chi connectivity index (χ3v) is 4.02. The van der Waals surface area contributed by atoms with Crippen LogP contribution >= 0.6 is 0 Å². The van der Waals surface area contributed by atoms with E-state index in [4.69, 9.17) is 10.5 Å². The molecule has 6 heteroatoms. The van der Waals surface area contributed by atoms with Gasteiger partial charge in [-0.15, -0.1) is 0 Å². The summed E-state index contributed by atoms with van der Waals surface area (Å²) in [5.41, 5.74) is 6.92. The smallest absolute Gasteiger partial charge is 0.319 e. The molecule has 4 N–H and O–H groups in total. The van der Waals surface area contributed by atoms with Gasteiger partial charge in [-0.05, 0) is 43.0 Å². The van der Waals surface area contributed by atoms with Gasteiger partial charge in [-0.25, -0.2) is 4.79 Å². The van der Waals surface area contributed by atoms with Crippen LogP contribution in [0.2, 0.25) is 0 Å². The molecule has 0 spiro atoms. The van der Waals surface area contributed by atoms with Gasteiger partial charge in [0.05, 0.1) is 6.61 Å². The molecule has 0 aliphatic rings. The van der Waals surface area contributed by atoms with Gasteiger partial charge in [-0.3, -0.25) is 4.79 Å². The van der Waals surface area contributed by atoms with E-state index >= 15 is 0 Å². The van der Waals surface area contributed by atoms with Gasteiger partial charge in [0.25, 0.3) is 0 Å². The number of hydrogen-bond donors (Lipinski definition) is 3. The van der Waals surface area contributed by atoms with Crippen molar-refractivity contribution >= 4 is 17.6 Å². The average molecular weight is 335 g/mol. The monoisotopic (exact) mass is 335 g/mol. The number of nitrogens with one attached hydrogen (secondary N) is 2. The van der Waals surface area contributed by atoms with Gasteiger partial charge >= 0.3 is 6.03 Å². The Hall–Kier alpha value is -2.24. The van der Waals surface area contributed by atoms with Gasteiger partial charge < -0.3 is 21.1 Å². The van der Waals surface area contributed by atoms with E-state index in [2.05, 4.69) is 17.6 Å². The lowest BCUT2D eigenvalue weighted by molar-refractivity contribution is -0.120. The van der Waals surface area contributed by atoms with Gasteiger partial charge in [0, 0.05) is 5.69 Å². The van der Waals surface area contributed by atoms with Gasteiger partial charge in [-0.2, -0.15) is 0 Å². The first-order valence-corrected chi connectivity index (χ1v) is 8.49. The van der Waals surface area contributed by atoms with Crippen molar-refractivity contribution in [1.82, 2.24) is 5.32 Å². The second-order valence-corrected chi connectivity index (χ2v) is 6.04. The molecular weight excluding hydrogens is 306 g/mol. The Balaban J connectivity index is 2.67. The molecule has 1 aromatic carbocycles. The highest BCUT2D eigenvalue weighted by Gasteiger charge is 2.23. The molecule has 134 valence electrons. The minimum absolute atomic E-state index is 0.0244. The Morgan fingerprint density at radius 3 is 2.54 bits per heavy atom. The molecule has 1 rings (SSSR count). The first-order valence-electron chi connectivity index (χ1n) is 8.49. The van der Waals surface area contributed by atoms with Crippen molar-refractivity contribution in [3.05, 3.63) is 23.8 Å². The number of hydrogen-bond acceptors (Lipinski definition) is 3. The lowest BCUT2D eigenvalue weighted by Crippen LogP contribution is -2.49. The van der Waals surface area contributed by atoms with Gasteiger partial charge in [-0.1, -0.05) is 33.6 Å². The molecule has 0 aliphatic heterocycles. The van der Waals surface area contributed by atoms with Crippen LogP contribution in [-0.4, -0.2) is 24.6 Å². The summed E-state index contributed by atoms with van der Waals surface area (Å²) < 4.78 is 5.64. The highest BCUT2D eigenvalue weighted by atomic mass is 16.5. The SMILES string of the molecule is CCCCOc1ccc(NC(=O)N[C@@H](C(N)=O)[C@H](C)CC)c(C)c1. The van der Waals surface area contributed by atoms with E-state index in [-0.39, 0.29) is 5.92 Å². The second kappa shape index (κ2) is 9.80. The maximum atomic E-state index is 12.1. The van der Waals surface area contributed by atoms with Crippen LogP contribution < -0.4 is 21.1 Å². The van der Waals surface area contributed by atoms with Gasteiger partial charge in [0.15, 0.2) is 0 Å². The van der Waals surface area contributed by atoms with Crippen LogP contribution in [0.4, 0.5) is 10.5 Å². The first-order chi connectivity index (χ1) is 11.4. The van der Waals surface area contributed by atoms with Crippen LogP contribution in [-0.2, 0) is 4.79 Å². The van der Waals surface area contributed by atoms with Crippen molar-refractivity contribution in [2.24, 2.45) is 11.7 Å². The number of unbranched alkanes of at least 4 members (excludes halogenated alkanes) is 1. The van der Waals surface area contributed by atoms with Crippen molar-refractivity contribution < 1.29 is 14.3 Å². The molecule has 0 fully saturated rings. The summed E-state index contributed by atoms with van der Waals surface area (Å²) >= 11 is 0. The van der Waals surface area contributed by atoms with Gasteiger partial charge in [0.2, 0.25) is 5.91 Å². The standard InChI is InChI=1S/C18H29N3O3/c1-5-7-10-24-14-8-9-15(13(4)11-14)20-18(23)21-16(17(19)22)12(3)6-2/h8-9,11-12,16H,5-7,10H2,1-4H3,(H2,19,22)(H2,20,21,23)/t12-,16-/m1/s1. The molecule has 0 aromatic heterocycles. The van der Waals surface area contributed by atoms with E-state index in [0.717, 1.165) is 30.6 Å². The third-order valence-electron chi connectivity index (χ3n) is 4.02. The lowest BCUT2D eigenvalue weighted by Gasteiger charge is -2.21. The largest absolute Gasteiger partial charge is 0.494 e. The Bertz CT molecular complexity index is 560. The lowest BCUT2D eigenvalue weighted by atomic mass is 9.99. The molecule has 1 aromatic rings. The van der Waals surface area contributed by atoms with Crippen LogP contribution in [0.25, 0.3) is 0 Å². The van der Waals surface area contributed by atoms with E-state index in [0.29, 0.717) is 12.3 Å². The van der Waals surface area contributed by atoms with Crippen molar-refractivity contribution in [2.45, 2.75) is 53.0 Å². The van der Waals surface area contributed by atoms with Crippen molar-refractivity contribution in [1.29, 1.82) is 0 Å². The molecule has 6 nitrogen and oxygen atoms in total. The normalized spacial score (nSPS) is 13.0. The maximum absolute atomic E-state index is 12.1. The zero-order chi connectivity index (χ0) is 18.1. The molecule has 0 saturated carbocycles. The van der Waals surface area contributed by atoms with E-state index in [1.54, 1.807) is 6.07 Å². The predicted octanol–water partition coefficient (Wildman–Crippen LogP) is 3.20. The van der Waals surface area contributed by atoms with Crippen LogP contribution in [0.5, 0.6) is 5.75 Å². The molecule has 0 radical (unpaired) electrons. The molecule has 0 aliphatic carbocycles. The summed E-state index contributed by atoms with van der Waals surface area (Å²) in [7, 11) is 0. The minimum Gasteiger partial charge on any atom is -0.494 e. The topological polar surface area (TPSA) is 93.4 Å². The molecule has 3 amide bonds. The number of aryl methyl sites for hydroxylation is 1. The molecule has 0 heterocycles. The number of ether oxygens (including phenoxy) is 1. The van der Waals surface area contributed by atoms with E-state index in [1.807, 2.05) is 32.9 Å². The summed E-state index contributed by atoms with van der Waals surface area (Å²) in [6, 6.07) is 4.36. The number of urea groups is 1. The zero-order valence-corrected chi connectivity index (χ0v) is 15.0. The quantitative estimate of drug-likeness (QED) is 0.605. The summed E-state index contributed by atoms with van der Waals surface area (Å²) in [5.74, 6) is 0.223. The van der Waals surface area contributed by atoms with Crippen LogP contribution in [0.3, 0.4) is 0 Å².